The van der Waals surface area contributed by atoms with Gasteiger partial charge in [-0.05, 0) is 44.9 Å². The summed E-state index contributed by atoms with van der Waals surface area (Å²) < 4.78 is 5.72. The van der Waals surface area contributed by atoms with Gasteiger partial charge in [-0.1, -0.05) is 25.3 Å². The zero-order valence-electron chi connectivity index (χ0n) is 17.3. The monoisotopic (exact) mass is 387 g/mol. The normalized spacial score (nSPS) is 24.0. The van der Waals surface area contributed by atoms with Crippen molar-refractivity contribution in [2.45, 2.75) is 64.2 Å². The van der Waals surface area contributed by atoms with Crippen LogP contribution >= 0.6 is 0 Å². The summed E-state index contributed by atoms with van der Waals surface area (Å²) >= 11 is 0. The van der Waals surface area contributed by atoms with Crippen LogP contribution in [-0.4, -0.2) is 66.5 Å². The Hall–Kier alpha value is -1.92. The molecule has 1 aliphatic heterocycles. The maximum absolute atomic E-state index is 12.9. The molecule has 3 rings (SSSR count). The molecule has 0 aromatic heterocycles. The van der Waals surface area contributed by atoms with Crippen molar-refractivity contribution >= 4 is 17.5 Å². The fourth-order valence-corrected chi connectivity index (χ4v) is 4.38. The first-order valence-corrected chi connectivity index (χ1v) is 10.5. The Labute approximate surface area is 168 Å². The first-order chi connectivity index (χ1) is 13.4. The first kappa shape index (κ1) is 20.8. The fourth-order valence-electron chi connectivity index (χ4n) is 4.38. The second-order valence-electron chi connectivity index (χ2n) is 8.29. The molecule has 1 saturated heterocycles. The summed E-state index contributed by atoms with van der Waals surface area (Å²) in [4.78, 5) is 29.3. The van der Waals surface area contributed by atoms with Crippen LogP contribution in [-0.2, 0) is 9.53 Å². The average Bonchev–Trinajstić information content (AvgIpc) is 2.66. The number of hydrogen-bond acceptors (Lipinski definition) is 4. The number of hydrogen-bond donors (Lipinski definition) is 1. The first-order valence-electron chi connectivity index (χ1n) is 10.5. The number of amides is 2. The third kappa shape index (κ3) is 5.55. The van der Waals surface area contributed by atoms with E-state index >= 15 is 0 Å². The smallest absolute Gasteiger partial charge is 0.253 e. The molecule has 1 aromatic carbocycles. The lowest BCUT2D eigenvalue weighted by molar-refractivity contribution is -0.121. The molecule has 1 aliphatic carbocycles. The van der Waals surface area contributed by atoms with Crippen molar-refractivity contribution in [3.63, 3.8) is 0 Å². The topological polar surface area (TPSA) is 61.9 Å². The fraction of sp³-hybridized carbons (Fsp3) is 0.636. The molecule has 2 atom stereocenters. The van der Waals surface area contributed by atoms with Crippen LogP contribution in [0.15, 0.2) is 24.3 Å². The van der Waals surface area contributed by atoms with Crippen LogP contribution in [0.3, 0.4) is 0 Å². The van der Waals surface area contributed by atoms with Gasteiger partial charge in [0.1, 0.15) is 0 Å². The van der Waals surface area contributed by atoms with E-state index in [1.54, 1.807) is 6.07 Å². The lowest BCUT2D eigenvalue weighted by Crippen LogP contribution is -2.48. The van der Waals surface area contributed by atoms with Crippen molar-refractivity contribution in [2.75, 3.05) is 32.0 Å². The minimum Gasteiger partial charge on any atom is -0.373 e. The predicted octanol–water partition coefficient (Wildman–Crippen LogP) is 3.14. The largest absolute Gasteiger partial charge is 0.373 e. The maximum atomic E-state index is 12.9. The maximum Gasteiger partial charge on any atom is 0.253 e. The highest BCUT2D eigenvalue weighted by Gasteiger charge is 2.25. The number of nitrogens with one attached hydrogen (secondary N) is 1. The summed E-state index contributed by atoms with van der Waals surface area (Å²) in [6, 6.07) is 7.59. The molecule has 28 heavy (non-hydrogen) atoms. The van der Waals surface area contributed by atoms with Gasteiger partial charge in [0.25, 0.3) is 5.91 Å². The van der Waals surface area contributed by atoms with E-state index in [9.17, 15) is 9.59 Å². The number of carbonyl (C=O) groups excluding carboxylic acids is 2. The number of benzene rings is 1. The highest BCUT2D eigenvalue weighted by atomic mass is 16.5. The Balaban J connectivity index is 1.58. The summed E-state index contributed by atoms with van der Waals surface area (Å²) in [7, 11) is 1.89. The van der Waals surface area contributed by atoms with E-state index in [1.807, 2.05) is 44.0 Å². The molecular formula is C22H33N3O3. The molecule has 1 aromatic rings. The van der Waals surface area contributed by atoms with Crippen molar-refractivity contribution in [2.24, 2.45) is 0 Å². The van der Waals surface area contributed by atoms with E-state index in [0.717, 1.165) is 25.9 Å². The van der Waals surface area contributed by atoms with Crippen molar-refractivity contribution in [1.29, 1.82) is 0 Å². The molecule has 0 bridgehead atoms. The third-order valence-electron chi connectivity index (χ3n) is 5.70. The molecule has 1 heterocycles. The molecule has 0 radical (unpaired) electrons. The van der Waals surface area contributed by atoms with Gasteiger partial charge in [-0.3, -0.25) is 14.5 Å². The number of morpholine rings is 1. The highest BCUT2D eigenvalue weighted by molar-refractivity contribution is 5.97. The van der Waals surface area contributed by atoms with E-state index in [4.69, 9.17) is 4.74 Å². The summed E-state index contributed by atoms with van der Waals surface area (Å²) in [5.74, 6) is -0.0367. The third-order valence-corrected chi connectivity index (χ3v) is 5.70. The minimum atomic E-state index is -0.0634. The van der Waals surface area contributed by atoms with Gasteiger partial charge in [0, 0.05) is 37.4 Å². The number of ether oxygens (including phenoxy) is 1. The SMILES string of the molecule is C[C@H]1CN(CC(=O)Nc2cccc(C(=O)N(C)C3CCCCC3)c2)C[C@H](C)O1. The van der Waals surface area contributed by atoms with Gasteiger partial charge < -0.3 is 15.0 Å². The predicted molar refractivity (Wildman–Crippen MR) is 110 cm³/mol. The van der Waals surface area contributed by atoms with Gasteiger partial charge in [-0.2, -0.15) is 0 Å². The van der Waals surface area contributed by atoms with E-state index in [1.165, 1.54) is 19.3 Å². The average molecular weight is 388 g/mol. The van der Waals surface area contributed by atoms with Crippen molar-refractivity contribution < 1.29 is 14.3 Å². The number of carbonyl (C=O) groups is 2. The number of nitrogens with zero attached hydrogens (tertiary/aromatic N) is 2. The molecule has 1 N–H and O–H groups in total. The standard InChI is InChI=1S/C22H33N3O3/c1-16-13-25(14-17(2)28-16)15-21(26)23-19-9-7-8-18(12-19)22(27)24(3)20-10-5-4-6-11-20/h7-9,12,16-17,20H,4-6,10-11,13-15H2,1-3H3,(H,23,26)/t16-,17-/m0/s1. The lowest BCUT2D eigenvalue weighted by atomic mass is 9.94. The molecule has 2 amide bonds. The van der Waals surface area contributed by atoms with Crippen LogP contribution in [0.1, 0.15) is 56.3 Å². The molecule has 2 aliphatic rings. The van der Waals surface area contributed by atoms with E-state index < -0.39 is 0 Å². The Morgan fingerprint density at radius 2 is 1.82 bits per heavy atom. The molecule has 0 unspecified atom stereocenters. The minimum absolute atomic E-state index is 0.0267. The summed E-state index contributed by atoms with van der Waals surface area (Å²) in [5, 5.41) is 2.94. The van der Waals surface area contributed by atoms with Gasteiger partial charge >= 0.3 is 0 Å². The number of rotatable bonds is 5. The summed E-state index contributed by atoms with van der Waals surface area (Å²) in [5.41, 5.74) is 1.29. The van der Waals surface area contributed by atoms with E-state index in [2.05, 4.69) is 10.2 Å². The second kappa shape index (κ2) is 9.52. The van der Waals surface area contributed by atoms with E-state index in [0.29, 0.717) is 23.8 Å². The van der Waals surface area contributed by atoms with Crippen LogP contribution in [0.5, 0.6) is 0 Å². The summed E-state index contributed by atoms with van der Waals surface area (Å²) in [6.07, 6.45) is 6.07. The number of anilines is 1. The Bertz CT molecular complexity index is 677. The Morgan fingerprint density at radius 1 is 1.14 bits per heavy atom. The molecule has 154 valence electrons. The molecule has 6 nitrogen and oxygen atoms in total. The van der Waals surface area contributed by atoms with Gasteiger partial charge in [-0.25, -0.2) is 0 Å². The molecule has 0 spiro atoms. The zero-order chi connectivity index (χ0) is 20.1. The molecule has 2 fully saturated rings. The van der Waals surface area contributed by atoms with Crippen molar-refractivity contribution in [3.05, 3.63) is 29.8 Å². The van der Waals surface area contributed by atoms with Gasteiger partial charge in [0.05, 0.1) is 18.8 Å². The van der Waals surface area contributed by atoms with Crippen LogP contribution in [0.25, 0.3) is 0 Å². The Morgan fingerprint density at radius 3 is 2.50 bits per heavy atom. The van der Waals surface area contributed by atoms with Crippen LogP contribution in [0, 0.1) is 0 Å². The van der Waals surface area contributed by atoms with Crippen LogP contribution in [0.2, 0.25) is 0 Å². The van der Waals surface area contributed by atoms with Crippen LogP contribution < -0.4 is 5.32 Å². The van der Waals surface area contributed by atoms with Gasteiger partial charge in [0.2, 0.25) is 5.91 Å². The lowest BCUT2D eigenvalue weighted by Gasteiger charge is -2.34. The second-order valence-corrected chi connectivity index (χ2v) is 8.29. The van der Waals surface area contributed by atoms with Crippen molar-refractivity contribution in [1.82, 2.24) is 9.80 Å². The molecular weight excluding hydrogens is 354 g/mol. The zero-order valence-corrected chi connectivity index (χ0v) is 17.3. The Kier molecular flexibility index (Phi) is 7.08. The summed E-state index contributed by atoms with van der Waals surface area (Å²) in [6.45, 7) is 5.89. The van der Waals surface area contributed by atoms with Gasteiger partial charge in [-0.15, -0.1) is 0 Å². The van der Waals surface area contributed by atoms with Gasteiger partial charge in [0.15, 0.2) is 0 Å². The molecule has 1 saturated carbocycles. The highest BCUT2D eigenvalue weighted by Crippen LogP contribution is 2.23. The van der Waals surface area contributed by atoms with Crippen molar-refractivity contribution in [3.8, 4) is 0 Å². The quantitative estimate of drug-likeness (QED) is 0.843. The van der Waals surface area contributed by atoms with Crippen LogP contribution in [0.4, 0.5) is 5.69 Å². The van der Waals surface area contributed by atoms with E-state index in [-0.39, 0.29) is 24.0 Å². The molecule has 6 heteroatoms.